The summed E-state index contributed by atoms with van der Waals surface area (Å²) in [6.45, 7) is 1.77. The van der Waals surface area contributed by atoms with E-state index in [2.05, 4.69) is 25.0 Å². The van der Waals surface area contributed by atoms with Gasteiger partial charge in [0.2, 0.25) is 0 Å². The van der Waals surface area contributed by atoms with E-state index in [9.17, 15) is 26.7 Å². The molecule has 0 saturated heterocycles. The number of methoxy groups -OCH3 is 1. The fraction of sp³-hybridized carbons (Fsp3) is 0.107. The standard InChI is InChI=1S/C28H22F3N5O4S2/c1-15-10-18(33-12-17-4-3-5-23(40-2)25(17)37)13-34-27(15)42(38,39)36-28-35-24(16-6-7-20(29)21(30)11-16)26(41-28)19-8-9-32-14-22(19)31/h3-11,13-14,33,37H,12H2,1-2H3,(H,35,36). The van der Waals surface area contributed by atoms with E-state index in [1.807, 2.05) is 0 Å². The van der Waals surface area contributed by atoms with Crippen LogP contribution in [0.15, 0.2) is 72.1 Å². The summed E-state index contributed by atoms with van der Waals surface area (Å²) < 4.78 is 76.4. The Morgan fingerprint density at radius 1 is 1.02 bits per heavy atom. The Bertz CT molecular complexity index is 1900. The number of thiazole rings is 1. The molecule has 9 nitrogen and oxygen atoms in total. The van der Waals surface area contributed by atoms with Gasteiger partial charge in [-0.1, -0.05) is 23.5 Å². The lowest BCUT2D eigenvalue weighted by Crippen LogP contribution is -2.16. The van der Waals surface area contributed by atoms with Crippen LogP contribution in [-0.4, -0.2) is 35.6 Å². The SMILES string of the molecule is COc1cccc(CNc2cnc(S(=O)(=O)Nc3nc(-c4ccc(F)c(F)c4)c(-c4ccncc4F)s3)c(C)c2)c1O. The summed E-state index contributed by atoms with van der Waals surface area (Å²) in [4.78, 5) is 12.3. The number of nitrogens with one attached hydrogen (secondary N) is 2. The monoisotopic (exact) mass is 613 g/mol. The van der Waals surface area contributed by atoms with E-state index < -0.39 is 27.5 Å². The lowest BCUT2D eigenvalue weighted by Gasteiger charge is -2.12. The van der Waals surface area contributed by atoms with Crippen molar-refractivity contribution < 1.29 is 31.4 Å². The minimum Gasteiger partial charge on any atom is -0.504 e. The molecule has 0 saturated carbocycles. The second-order valence-electron chi connectivity index (χ2n) is 8.95. The maximum absolute atomic E-state index is 14.7. The Balaban J connectivity index is 1.43. The zero-order valence-electron chi connectivity index (χ0n) is 22.0. The van der Waals surface area contributed by atoms with Crippen LogP contribution in [0.1, 0.15) is 11.1 Å². The summed E-state index contributed by atoms with van der Waals surface area (Å²) in [6, 6.07) is 11.1. The number of halogens is 3. The second kappa shape index (κ2) is 11.7. The molecule has 3 aromatic heterocycles. The number of phenols is 1. The molecule has 0 aliphatic heterocycles. The number of rotatable bonds is 9. The molecule has 0 spiro atoms. The first-order valence-corrected chi connectivity index (χ1v) is 14.5. The predicted molar refractivity (Wildman–Crippen MR) is 152 cm³/mol. The summed E-state index contributed by atoms with van der Waals surface area (Å²) >= 11 is 0.813. The quantitative estimate of drug-likeness (QED) is 0.182. The molecule has 0 amide bonds. The molecule has 42 heavy (non-hydrogen) atoms. The van der Waals surface area contributed by atoms with E-state index in [0.717, 1.165) is 29.7 Å². The molecular weight excluding hydrogens is 591 g/mol. The first-order chi connectivity index (χ1) is 20.1. The van der Waals surface area contributed by atoms with E-state index in [-0.39, 0.29) is 44.1 Å². The zero-order chi connectivity index (χ0) is 30.0. The van der Waals surface area contributed by atoms with Crippen molar-refractivity contribution in [1.29, 1.82) is 0 Å². The Hall–Kier alpha value is -4.69. The van der Waals surface area contributed by atoms with Crippen molar-refractivity contribution in [2.24, 2.45) is 0 Å². The lowest BCUT2D eigenvalue weighted by molar-refractivity contribution is 0.371. The van der Waals surface area contributed by atoms with E-state index in [4.69, 9.17) is 4.74 Å². The van der Waals surface area contributed by atoms with Crippen molar-refractivity contribution in [1.82, 2.24) is 15.0 Å². The van der Waals surface area contributed by atoms with Gasteiger partial charge in [0.15, 0.2) is 33.3 Å². The first-order valence-electron chi connectivity index (χ1n) is 12.2. The van der Waals surface area contributed by atoms with Gasteiger partial charge in [-0.2, -0.15) is 8.42 Å². The minimum atomic E-state index is -4.27. The molecular formula is C28H22F3N5O4S2. The van der Waals surface area contributed by atoms with Gasteiger partial charge in [0.1, 0.15) is 5.82 Å². The number of phenolic OH excluding ortho intramolecular Hbond substituents is 1. The fourth-order valence-corrected chi connectivity index (χ4v) is 6.53. The van der Waals surface area contributed by atoms with Crippen molar-refractivity contribution in [3.05, 3.63) is 95.7 Å². The Morgan fingerprint density at radius 2 is 1.83 bits per heavy atom. The van der Waals surface area contributed by atoms with Gasteiger partial charge in [0, 0.05) is 29.4 Å². The topological polar surface area (TPSA) is 126 Å². The van der Waals surface area contributed by atoms with Gasteiger partial charge in [0.05, 0.1) is 35.8 Å². The summed E-state index contributed by atoms with van der Waals surface area (Å²) in [5.41, 5.74) is 1.59. The number of hydrogen-bond donors (Lipinski definition) is 3. The maximum Gasteiger partial charge on any atom is 0.281 e. The first kappa shape index (κ1) is 28.8. The molecule has 0 bridgehead atoms. The number of sulfonamides is 1. The third-order valence-corrected chi connectivity index (χ3v) is 8.66. The number of pyridine rings is 2. The van der Waals surface area contributed by atoms with Gasteiger partial charge >= 0.3 is 0 Å². The molecule has 0 aliphatic rings. The van der Waals surface area contributed by atoms with Crippen LogP contribution in [0.25, 0.3) is 21.7 Å². The number of hydrogen-bond acceptors (Lipinski definition) is 9. The summed E-state index contributed by atoms with van der Waals surface area (Å²) in [5.74, 6) is -2.62. The second-order valence-corrected chi connectivity index (χ2v) is 11.6. The number of aromatic nitrogens is 3. The van der Waals surface area contributed by atoms with Gasteiger partial charge in [-0.25, -0.2) is 23.1 Å². The van der Waals surface area contributed by atoms with Crippen molar-refractivity contribution in [2.45, 2.75) is 18.5 Å². The smallest absolute Gasteiger partial charge is 0.281 e. The number of aryl methyl sites for hydroxylation is 1. The number of aromatic hydroxyl groups is 1. The van der Waals surface area contributed by atoms with Crippen LogP contribution in [0.3, 0.4) is 0 Å². The van der Waals surface area contributed by atoms with Crippen molar-refractivity contribution in [2.75, 3.05) is 17.1 Å². The van der Waals surface area contributed by atoms with Crippen LogP contribution >= 0.6 is 11.3 Å². The molecule has 5 aromatic rings. The van der Waals surface area contributed by atoms with Crippen molar-refractivity contribution in [3.8, 4) is 33.2 Å². The number of benzene rings is 2. The molecule has 0 radical (unpaired) electrons. The maximum atomic E-state index is 14.7. The van der Waals surface area contributed by atoms with E-state index in [1.165, 1.54) is 31.6 Å². The highest BCUT2D eigenvalue weighted by molar-refractivity contribution is 7.92. The molecule has 0 atom stereocenters. The minimum absolute atomic E-state index is 0.0159. The highest BCUT2D eigenvalue weighted by atomic mass is 32.2. The van der Waals surface area contributed by atoms with Gasteiger partial charge < -0.3 is 15.2 Å². The molecule has 3 heterocycles. The number of ether oxygens (including phenoxy) is 1. The molecule has 5 rings (SSSR count). The fourth-order valence-electron chi connectivity index (χ4n) is 4.12. The lowest BCUT2D eigenvalue weighted by atomic mass is 10.1. The van der Waals surface area contributed by atoms with Gasteiger partial charge in [0.25, 0.3) is 10.0 Å². The highest BCUT2D eigenvalue weighted by Crippen LogP contribution is 2.41. The number of nitrogens with zero attached hydrogens (tertiary/aromatic N) is 3. The van der Waals surface area contributed by atoms with E-state index in [0.29, 0.717) is 22.6 Å². The largest absolute Gasteiger partial charge is 0.504 e. The number of para-hydroxylation sites is 1. The highest BCUT2D eigenvalue weighted by Gasteiger charge is 2.24. The molecule has 0 unspecified atom stereocenters. The average Bonchev–Trinajstić information content (AvgIpc) is 3.36. The predicted octanol–water partition coefficient (Wildman–Crippen LogP) is 6.12. The molecule has 216 valence electrons. The molecule has 3 N–H and O–H groups in total. The summed E-state index contributed by atoms with van der Waals surface area (Å²) in [7, 11) is -2.83. The van der Waals surface area contributed by atoms with Crippen molar-refractivity contribution in [3.63, 3.8) is 0 Å². The normalized spacial score (nSPS) is 11.4. The molecule has 0 fully saturated rings. The number of anilines is 2. The summed E-state index contributed by atoms with van der Waals surface area (Å²) in [5, 5.41) is 12.9. The van der Waals surface area contributed by atoms with Crippen LogP contribution in [0, 0.1) is 24.4 Å². The van der Waals surface area contributed by atoms with Crippen LogP contribution in [-0.2, 0) is 16.6 Å². The van der Waals surface area contributed by atoms with E-state index >= 15 is 0 Å². The van der Waals surface area contributed by atoms with Crippen LogP contribution in [0.2, 0.25) is 0 Å². The average molecular weight is 614 g/mol. The van der Waals surface area contributed by atoms with Gasteiger partial charge in [-0.15, -0.1) is 0 Å². The Morgan fingerprint density at radius 3 is 2.55 bits per heavy atom. The zero-order valence-corrected chi connectivity index (χ0v) is 23.7. The van der Waals surface area contributed by atoms with Crippen molar-refractivity contribution >= 4 is 32.2 Å². The van der Waals surface area contributed by atoms with Crippen LogP contribution in [0.4, 0.5) is 24.0 Å². The Labute approximate surface area is 242 Å². The van der Waals surface area contributed by atoms with Crippen LogP contribution in [0.5, 0.6) is 11.5 Å². The van der Waals surface area contributed by atoms with Gasteiger partial charge in [-0.3, -0.25) is 9.71 Å². The summed E-state index contributed by atoms with van der Waals surface area (Å²) in [6.07, 6.45) is 3.65. The van der Waals surface area contributed by atoms with Crippen LogP contribution < -0.4 is 14.8 Å². The third kappa shape index (κ3) is 5.85. The Kier molecular flexibility index (Phi) is 8.00. The molecule has 14 heteroatoms. The molecule has 0 aliphatic carbocycles. The van der Waals surface area contributed by atoms with Gasteiger partial charge in [-0.05, 0) is 48.9 Å². The molecule has 2 aromatic carbocycles. The van der Waals surface area contributed by atoms with E-state index in [1.54, 1.807) is 31.2 Å². The third-order valence-electron chi connectivity index (χ3n) is 6.13.